The second-order valence-electron chi connectivity index (χ2n) is 7.85. The van der Waals surface area contributed by atoms with Gasteiger partial charge in [-0.1, -0.05) is 30.3 Å². The van der Waals surface area contributed by atoms with Gasteiger partial charge >= 0.3 is 0 Å². The Kier molecular flexibility index (Phi) is 8.38. The molecule has 10 heteroatoms. The lowest BCUT2D eigenvalue weighted by atomic mass is 10.1. The summed E-state index contributed by atoms with van der Waals surface area (Å²) in [4.78, 5) is 27.2. The molecule has 0 fully saturated rings. The number of carbonyl (C=O) groups is 2. The van der Waals surface area contributed by atoms with Gasteiger partial charge in [0.2, 0.25) is 21.8 Å². The summed E-state index contributed by atoms with van der Waals surface area (Å²) in [5.41, 5.74) is 1.31. The molecule has 0 saturated heterocycles. The van der Waals surface area contributed by atoms with E-state index in [-0.39, 0.29) is 18.2 Å². The molecule has 1 aliphatic rings. The quantitative estimate of drug-likeness (QED) is 0.546. The van der Waals surface area contributed by atoms with E-state index < -0.39 is 28.5 Å². The summed E-state index contributed by atoms with van der Waals surface area (Å²) in [5.74, 6) is -0.0475. The van der Waals surface area contributed by atoms with Crippen LogP contribution in [0, 0.1) is 0 Å². The number of hydrogen-bond acceptors (Lipinski definition) is 6. The number of fused-ring (bicyclic) bond motifs is 1. The van der Waals surface area contributed by atoms with Crippen molar-refractivity contribution in [1.82, 2.24) is 10.2 Å². The molecule has 2 amide bonds. The van der Waals surface area contributed by atoms with Crippen molar-refractivity contribution in [2.24, 2.45) is 0 Å². The molecule has 184 valence electrons. The number of benzene rings is 2. The number of anilines is 1. The topological polar surface area (TPSA) is 105 Å². The zero-order valence-corrected chi connectivity index (χ0v) is 20.5. The fraction of sp³-hybridized carbons (Fsp3) is 0.417. The van der Waals surface area contributed by atoms with Crippen LogP contribution < -0.4 is 19.1 Å². The highest BCUT2D eigenvalue weighted by Crippen LogP contribution is 2.35. The zero-order valence-electron chi connectivity index (χ0n) is 19.7. The number of hydrogen-bond donors (Lipinski definition) is 1. The molecule has 0 aromatic heterocycles. The highest BCUT2D eigenvalue weighted by molar-refractivity contribution is 7.92. The Morgan fingerprint density at radius 2 is 1.74 bits per heavy atom. The molecule has 34 heavy (non-hydrogen) atoms. The first-order valence-corrected chi connectivity index (χ1v) is 12.8. The van der Waals surface area contributed by atoms with Gasteiger partial charge in [0.15, 0.2) is 11.5 Å². The van der Waals surface area contributed by atoms with Gasteiger partial charge < -0.3 is 19.7 Å². The van der Waals surface area contributed by atoms with Gasteiger partial charge in [-0.15, -0.1) is 0 Å². The highest BCUT2D eigenvalue weighted by Gasteiger charge is 2.31. The molecule has 1 heterocycles. The number of nitrogens with zero attached hydrogens (tertiary/aromatic N) is 2. The Balaban J connectivity index is 1.88. The van der Waals surface area contributed by atoms with Gasteiger partial charge in [0.25, 0.3) is 0 Å². The molecule has 2 aromatic rings. The van der Waals surface area contributed by atoms with Crippen molar-refractivity contribution in [3.8, 4) is 11.5 Å². The van der Waals surface area contributed by atoms with Gasteiger partial charge in [0.1, 0.15) is 25.8 Å². The second kappa shape index (κ2) is 11.2. The zero-order chi connectivity index (χ0) is 24.7. The molecule has 0 bridgehead atoms. The van der Waals surface area contributed by atoms with E-state index in [1.807, 2.05) is 30.3 Å². The monoisotopic (exact) mass is 489 g/mol. The largest absolute Gasteiger partial charge is 0.486 e. The molecule has 3 rings (SSSR count). The van der Waals surface area contributed by atoms with E-state index in [4.69, 9.17) is 9.47 Å². The number of carbonyl (C=O) groups excluding carboxylic acids is 2. The fourth-order valence-corrected chi connectivity index (χ4v) is 4.74. The third-order valence-corrected chi connectivity index (χ3v) is 7.43. The Labute approximate surface area is 200 Å². The maximum Gasteiger partial charge on any atom is 0.244 e. The molecule has 0 unspecified atom stereocenters. The summed E-state index contributed by atoms with van der Waals surface area (Å²) < 4.78 is 38.1. The van der Waals surface area contributed by atoms with E-state index in [1.54, 1.807) is 25.1 Å². The predicted molar refractivity (Wildman–Crippen MR) is 130 cm³/mol. The normalized spacial score (nSPS) is 13.6. The van der Waals surface area contributed by atoms with Gasteiger partial charge in [-0.3, -0.25) is 13.9 Å². The SMILES string of the molecule is CCS(=O)(=O)N(CC(=O)N(CCc1ccccc1)[C@@H](C)C(=O)NC)c1ccc2c(c1)OCCO2. The van der Waals surface area contributed by atoms with Crippen LogP contribution in [0.4, 0.5) is 5.69 Å². The van der Waals surface area contributed by atoms with Crippen LogP contribution in [-0.4, -0.2) is 70.3 Å². The minimum absolute atomic E-state index is 0.191. The highest BCUT2D eigenvalue weighted by atomic mass is 32.2. The molecule has 1 aliphatic heterocycles. The van der Waals surface area contributed by atoms with Gasteiger partial charge in [0, 0.05) is 19.7 Å². The van der Waals surface area contributed by atoms with Gasteiger partial charge in [-0.25, -0.2) is 8.42 Å². The van der Waals surface area contributed by atoms with Gasteiger partial charge in [-0.2, -0.15) is 0 Å². The Morgan fingerprint density at radius 3 is 2.38 bits per heavy atom. The standard InChI is InChI=1S/C24H31N3O6S/c1-4-34(30,31)27(20-10-11-21-22(16-20)33-15-14-32-21)17-23(28)26(18(2)24(29)25-3)13-12-19-8-6-5-7-9-19/h5-11,16,18H,4,12-15,17H2,1-3H3,(H,25,29)/t18-/m0/s1. The van der Waals surface area contributed by atoms with Crippen LogP contribution in [0.3, 0.4) is 0 Å². The molecule has 2 aromatic carbocycles. The first-order chi connectivity index (χ1) is 16.3. The average molecular weight is 490 g/mol. The van der Waals surface area contributed by atoms with Crippen molar-refractivity contribution in [2.45, 2.75) is 26.3 Å². The van der Waals surface area contributed by atoms with E-state index >= 15 is 0 Å². The lowest BCUT2D eigenvalue weighted by molar-refractivity contribution is -0.138. The van der Waals surface area contributed by atoms with Crippen LogP contribution in [0.25, 0.3) is 0 Å². The summed E-state index contributed by atoms with van der Waals surface area (Å²) in [5, 5.41) is 2.56. The minimum atomic E-state index is -3.80. The van der Waals surface area contributed by atoms with E-state index in [0.717, 1.165) is 9.87 Å². The number of amides is 2. The smallest absolute Gasteiger partial charge is 0.244 e. The molecule has 0 aliphatic carbocycles. The van der Waals surface area contributed by atoms with Crippen LogP contribution in [0.5, 0.6) is 11.5 Å². The second-order valence-corrected chi connectivity index (χ2v) is 10.0. The molecule has 0 spiro atoms. The maximum absolute atomic E-state index is 13.4. The van der Waals surface area contributed by atoms with Crippen LogP contribution in [-0.2, 0) is 26.0 Å². The lowest BCUT2D eigenvalue weighted by Crippen LogP contribution is -2.52. The van der Waals surface area contributed by atoms with E-state index in [1.165, 1.54) is 18.9 Å². The van der Waals surface area contributed by atoms with Crippen molar-refractivity contribution in [3.05, 3.63) is 54.1 Å². The molecule has 0 radical (unpaired) electrons. The Morgan fingerprint density at radius 1 is 1.06 bits per heavy atom. The number of rotatable bonds is 10. The Bertz CT molecular complexity index is 1110. The van der Waals surface area contributed by atoms with Crippen LogP contribution in [0.1, 0.15) is 19.4 Å². The minimum Gasteiger partial charge on any atom is -0.486 e. The summed E-state index contributed by atoms with van der Waals surface area (Å²) in [7, 11) is -2.30. The van der Waals surface area contributed by atoms with Crippen molar-refractivity contribution < 1.29 is 27.5 Å². The third-order valence-electron chi connectivity index (χ3n) is 5.69. The predicted octanol–water partition coefficient (Wildman–Crippen LogP) is 1.82. The van der Waals surface area contributed by atoms with Crippen LogP contribution in [0.15, 0.2) is 48.5 Å². The van der Waals surface area contributed by atoms with Crippen LogP contribution >= 0.6 is 0 Å². The molecule has 9 nitrogen and oxygen atoms in total. The van der Waals surface area contributed by atoms with Crippen molar-refractivity contribution >= 4 is 27.5 Å². The van der Waals surface area contributed by atoms with Crippen molar-refractivity contribution in [2.75, 3.05) is 43.4 Å². The van der Waals surface area contributed by atoms with Gasteiger partial charge in [-0.05, 0) is 38.0 Å². The van der Waals surface area contributed by atoms with Crippen LogP contribution in [0.2, 0.25) is 0 Å². The van der Waals surface area contributed by atoms with E-state index in [9.17, 15) is 18.0 Å². The molecular weight excluding hydrogens is 458 g/mol. The molecule has 0 saturated carbocycles. The van der Waals surface area contributed by atoms with Crippen molar-refractivity contribution in [1.29, 1.82) is 0 Å². The summed E-state index contributed by atoms with van der Waals surface area (Å²) in [6.45, 7) is 3.74. The van der Waals surface area contributed by atoms with E-state index in [0.29, 0.717) is 36.8 Å². The number of nitrogens with one attached hydrogen (secondary N) is 1. The Hall–Kier alpha value is -3.27. The fourth-order valence-electron chi connectivity index (χ4n) is 3.69. The molecule has 1 N–H and O–H groups in total. The summed E-state index contributed by atoms with van der Waals surface area (Å²) in [6.07, 6.45) is 0.526. The summed E-state index contributed by atoms with van der Waals surface area (Å²) in [6, 6.07) is 13.6. The number of ether oxygens (including phenoxy) is 2. The third kappa shape index (κ3) is 5.99. The van der Waals surface area contributed by atoms with Gasteiger partial charge in [0.05, 0.1) is 11.4 Å². The number of sulfonamides is 1. The van der Waals surface area contributed by atoms with Crippen molar-refractivity contribution in [3.63, 3.8) is 0 Å². The number of likely N-dealkylation sites (N-methyl/N-ethyl adjacent to an activating group) is 1. The molecular formula is C24H31N3O6S. The summed E-state index contributed by atoms with van der Waals surface area (Å²) >= 11 is 0. The molecule has 1 atom stereocenters. The lowest BCUT2D eigenvalue weighted by Gasteiger charge is -2.32. The average Bonchev–Trinajstić information content (AvgIpc) is 2.86. The first-order valence-electron chi connectivity index (χ1n) is 11.2. The maximum atomic E-state index is 13.4. The van der Waals surface area contributed by atoms with E-state index in [2.05, 4.69) is 5.32 Å². The first kappa shape index (κ1) is 25.4.